The first-order chi connectivity index (χ1) is 13.1. The van der Waals surface area contributed by atoms with E-state index in [1.807, 2.05) is 6.07 Å². The molecule has 27 heavy (non-hydrogen) atoms. The van der Waals surface area contributed by atoms with Crippen LogP contribution in [0.3, 0.4) is 0 Å². The molecule has 0 aromatic heterocycles. The predicted molar refractivity (Wildman–Crippen MR) is 102 cm³/mol. The second-order valence-corrected chi connectivity index (χ2v) is 5.68. The molecule has 2 N–H and O–H groups in total. The molecule has 2 aromatic carbocycles. The number of ether oxygens (including phenoxy) is 2. The van der Waals surface area contributed by atoms with E-state index in [1.54, 1.807) is 48.5 Å². The maximum absolute atomic E-state index is 11.9. The number of carbonyl (C=O) groups excluding carboxylic acids is 3. The molecule has 0 aliphatic carbocycles. The first-order valence-corrected chi connectivity index (χ1v) is 8.52. The summed E-state index contributed by atoms with van der Waals surface area (Å²) in [6, 6.07) is 16.0. The fraction of sp³-hybridized carbons (Fsp3) is 0.250. The van der Waals surface area contributed by atoms with Gasteiger partial charge in [-0.2, -0.15) is 0 Å². The highest BCUT2D eigenvalue weighted by Crippen LogP contribution is 2.23. The molecule has 7 heteroatoms. The number of rotatable bonds is 9. The van der Waals surface area contributed by atoms with Crippen LogP contribution >= 0.6 is 0 Å². The van der Waals surface area contributed by atoms with Gasteiger partial charge in [-0.1, -0.05) is 30.3 Å². The van der Waals surface area contributed by atoms with E-state index in [1.165, 1.54) is 7.11 Å². The van der Waals surface area contributed by atoms with Gasteiger partial charge < -0.3 is 20.1 Å². The third-order valence-corrected chi connectivity index (χ3v) is 3.59. The van der Waals surface area contributed by atoms with Crippen molar-refractivity contribution in [2.24, 2.45) is 0 Å². The summed E-state index contributed by atoms with van der Waals surface area (Å²) in [6.07, 6.45) is 0.529. The van der Waals surface area contributed by atoms with E-state index in [-0.39, 0.29) is 25.4 Å². The monoisotopic (exact) mass is 370 g/mol. The molecule has 0 radical (unpaired) electrons. The van der Waals surface area contributed by atoms with Gasteiger partial charge in [-0.25, -0.2) is 0 Å². The number of anilines is 2. The molecule has 0 aliphatic rings. The zero-order valence-corrected chi connectivity index (χ0v) is 15.1. The van der Waals surface area contributed by atoms with Crippen LogP contribution in [0.25, 0.3) is 0 Å². The van der Waals surface area contributed by atoms with Crippen molar-refractivity contribution in [3.8, 4) is 5.75 Å². The van der Waals surface area contributed by atoms with Gasteiger partial charge >= 0.3 is 5.97 Å². The van der Waals surface area contributed by atoms with E-state index < -0.39 is 11.9 Å². The Balaban J connectivity index is 1.64. The summed E-state index contributed by atoms with van der Waals surface area (Å²) in [6.45, 7) is -0.360. The van der Waals surface area contributed by atoms with Crippen LogP contribution in [0.4, 0.5) is 11.4 Å². The fourth-order valence-corrected chi connectivity index (χ4v) is 2.29. The molecule has 0 spiro atoms. The van der Waals surface area contributed by atoms with Gasteiger partial charge in [-0.05, 0) is 30.7 Å². The number of hydrogen-bond acceptors (Lipinski definition) is 5. The number of benzene rings is 2. The normalized spacial score (nSPS) is 9.96. The topological polar surface area (TPSA) is 93.7 Å². The SMILES string of the molecule is COc1ccccc1NC(=O)CCCC(=O)OCC(=O)Nc1ccccc1. The molecule has 0 heterocycles. The van der Waals surface area contributed by atoms with Crippen LogP contribution in [0.1, 0.15) is 19.3 Å². The average Bonchev–Trinajstić information content (AvgIpc) is 2.67. The van der Waals surface area contributed by atoms with E-state index in [2.05, 4.69) is 10.6 Å². The Morgan fingerprint density at radius 2 is 1.56 bits per heavy atom. The number of para-hydroxylation sites is 3. The van der Waals surface area contributed by atoms with Crippen LogP contribution < -0.4 is 15.4 Å². The second-order valence-electron chi connectivity index (χ2n) is 5.68. The summed E-state index contributed by atoms with van der Waals surface area (Å²) in [7, 11) is 1.52. The zero-order chi connectivity index (χ0) is 19.5. The van der Waals surface area contributed by atoms with Gasteiger partial charge in [0.25, 0.3) is 5.91 Å². The first-order valence-electron chi connectivity index (χ1n) is 8.52. The number of methoxy groups -OCH3 is 1. The zero-order valence-electron chi connectivity index (χ0n) is 15.1. The highest BCUT2D eigenvalue weighted by molar-refractivity contribution is 5.93. The van der Waals surface area contributed by atoms with E-state index in [0.717, 1.165) is 0 Å². The highest BCUT2D eigenvalue weighted by Gasteiger charge is 2.10. The van der Waals surface area contributed by atoms with Crippen molar-refractivity contribution in [1.29, 1.82) is 0 Å². The molecular weight excluding hydrogens is 348 g/mol. The van der Waals surface area contributed by atoms with E-state index >= 15 is 0 Å². The van der Waals surface area contributed by atoms with Crippen LogP contribution in [-0.4, -0.2) is 31.5 Å². The summed E-state index contributed by atoms with van der Waals surface area (Å²) in [5.74, 6) is -0.601. The van der Waals surface area contributed by atoms with Crippen LogP contribution in [0.2, 0.25) is 0 Å². The molecular formula is C20H22N2O5. The van der Waals surface area contributed by atoms with Crippen molar-refractivity contribution in [2.45, 2.75) is 19.3 Å². The third kappa shape index (κ3) is 7.19. The summed E-state index contributed by atoms with van der Waals surface area (Å²) in [5, 5.41) is 5.35. The quantitative estimate of drug-likeness (QED) is 0.662. The number of carbonyl (C=O) groups is 3. The highest BCUT2D eigenvalue weighted by atomic mass is 16.5. The molecule has 0 aliphatic heterocycles. The molecule has 0 unspecified atom stereocenters. The lowest BCUT2D eigenvalue weighted by Crippen LogP contribution is -2.21. The Morgan fingerprint density at radius 1 is 0.852 bits per heavy atom. The minimum Gasteiger partial charge on any atom is -0.495 e. The molecule has 0 bridgehead atoms. The molecule has 2 rings (SSSR count). The van der Waals surface area contributed by atoms with Crippen molar-refractivity contribution >= 4 is 29.2 Å². The lowest BCUT2D eigenvalue weighted by Gasteiger charge is -2.09. The Labute approximate surface area is 157 Å². The van der Waals surface area contributed by atoms with E-state index in [9.17, 15) is 14.4 Å². The van der Waals surface area contributed by atoms with Crippen molar-refractivity contribution in [1.82, 2.24) is 0 Å². The molecule has 2 amide bonds. The van der Waals surface area contributed by atoms with E-state index in [4.69, 9.17) is 9.47 Å². The maximum atomic E-state index is 11.9. The number of nitrogens with one attached hydrogen (secondary N) is 2. The summed E-state index contributed by atoms with van der Waals surface area (Å²) >= 11 is 0. The lowest BCUT2D eigenvalue weighted by molar-refractivity contribution is -0.147. The first kappa shape index (κ1) is 20.0. The largest absolute Gasteiger partial charge is 0.495 e. The number of amides is 2. The van der Waals surface area contributed by atoms with Crippen molar-refractivity contribution < 1.29 is 23.9 Å². The summed E-state index contributed by atoms with van der Waals surface area (Å²) in [5.41, 5.74) is 1.21. The molecule has 0 atom stereocenters. The summed E-state index contributed by atoms with van der Waals surface area (Å²) < 4.78 is 10.1. The summed E-state index contributed by atoms with van der Waals surface area (Å²) in [4.78, 5) is 35.3. The minimum atomic E-state index is -0.525. The van der Waals surface area contributed by atoms with Gasteiger partial charge in [-0.3, -0.25) is 14.4 Å². The molecule has 7 nitrogen and oxygen atoms in total. The fourth-order valence-electron chi connectivity index (χ4n) is 2.29. The van der Waals surface area contributed by atoms with Crippen LogP contribution in [-0.2, 0) is 19.1 Å². The third-order valence-electron chi connectivity index (χ3n) is 3.59. The van der Waals surface area contributed by atoms with Crippen molar-refractivity contribution in [3.05, 3.63) is 54.6 Å². The maximum Gasteiger partial charge on any atom is 0.306 e. The number of hydrogen-bond donors (Lipinski definition) is 2. The van der Waals surface area contributed by atoms with Crippen LogP contribution in [0.5, 0.6) is 5.75 Å². The Morgan fingerprint density at radius 3 is 2.30 bits per heavy atom. The molecule has 0 fully saturated rings. The lowest BCUT2D eigenvalue weighted by atomic mass is 10.2. The van der Waals surface area contributed by atoms with Crippen LogP contribution in [0.15, 0.2) is 54.6 Å². The Hall–Kier alpha value is -3.35. The number of esters is 1. The van der Waals surface area contributed by atoms with Crippen LogP contribution in [0, 0.1) is 0 Å². The predicted octanol–water partition coefficient (Wildman–Crippen LogP) is 2.99. The molecule has 0 saturated heterocycles. The Bertz CT molecular complexity index is 777. The van der Waals surface area contributed by atoms with Gasteiger partial charge in [0.2, 0.25) is 5.91 Å². The Kier molecular flexibility index (Phi) is 7.84. The minimum absolute atomic E-state index is 0.0535. The standard InChI is InChI=1S/C20H22N2O5/c1-26-17-11-6-5-10-16(17)22-18(23)12-7-13-20(25)27-14-19(24)21-15-8-3-2-4-9-15/h2-6,8-11H,7,12-14H2,1H3,(H,21,24)(H,22,23). The van der Waals surface area contributed by atoms with Crippen molar-refractivity contribution in [2.75, 3.05) is 24.4 Å². The van der Waals surface area contributed by atoms with Gasteiger partial charge in [-0.15, -0.1) is 0 Å². The van der Waals surface area contributed by atoms with Crippen molar-refractivity contribution in [3.63, 3.8) is 0 Å². The van der Waals surface area contributed by atoms with Gasteiger partial charge in [0.05, 0.1) is 12.8 Å². The molecule has 0 saturated carbocycles. The average molecular weight is 370 g/mol. The molecule has 142 valence electrons. The van der Waals surface area contributed by atoms with Gasteiger partial charge in [0, 0.05) is 18.5 Å². The smallest absolute Gasteiger partial charge is 0.306 e. The second kappa shape index (κ2) is 10.6. The molecule has 2 aromatic rings. The van der Waals surface area contributed by atoms with E-state index in [0.29, 0.717) is 23.5 Å². The van der Waals surface area contributed by atoms with Gasteiger partial charge in [0.15, 0.2) is 6.61 Å². The van der Waals surface area contributed by atoms with Gasteiger partial charge in [0.1, 0.15) is 5.75 Å².